The molecule has 7 nitrogen and oxygen atoms in total. The Bertz CT molecular complexity index is 1170. The minimum atomic E-state index is -0.876. The van der Waals surface area contributed by atoms with Gasteiger partial charge in [-0.1, -0.05) is 30.3 Å². The van der Waals surface area contributed by atoms with Crippen molar-refractivity contribution in [1.29, 1.82) is 0 Å². The van der Waals surface area contributed by atoms with Crippen molar-refractivity contribution < 1.29 is 24.5 Å². The number of hydrogen-bond acceptors (Lipinski definition) is 6. The number of likely N-dealkylation sites (tertiary alicyclic amines) is 1. The molecule has 4 rings (SSSR count). The second kappa shape index (κ2) is 8.31. The molecule has 1 aliphatic rings. The molecule has 7 heteroatoms. The summed E-state index contributed by atoms with van der Waals surface area (Å²) >= 11 is 0. The molecule has 0 bridgehead atoms. The van der Waals surface area contributed by atoms with Gasteiger partial charge >= 0.3 is 0 Å². The third-order valence-electron chi connectivity index (χ3n) is 5.14. The van der Waals surface area contributed by atoms with Gasteiger partial charge in [-0.05, 0) is 41.5 Å². The number of hydrogen-bond donors (Lipinski definition) is 2. The van der Waals surface area contributed by atoms with E-state index in [1.54, 1.807) is 60.9 Å². The van der Waals surface area contributed by atoms with Crippen LogP contribution in [-0.4, -0.2) is 38.9 Å². The molecule has 156 valence electrons. The van der Waals surface area contributed by atoms with E-state index in [4.69, 9.17) is 4.74 Å². The predicted octanol–water partition coefficient (Wildman–Crippen LogP) is 3.42. The van der Waals surface area contributed by atoms with Crippen LogP contribution >= 0.6 is 0 Å². The zero-order chi connectivity index (χ0) is 22.0. The summed E-state index contributed by atoms with van der Waals surface area (Å²) in [5, 5.41) is 21.1. The highest BCUT2D eigenvalue weighted by atomic mass is 16.5. The number of phenols is 1. The van der Waals surface area contributed by atoms with E-state index in [1.165, 1.54) is 24.1 Å². The Morgan fingerprint density at radius 1 is 1.10 bits per heavy atom. The SMILES string of the molecule is COc1cccc(/C(O)=C2/C(=O)C(=O)N(Cc3cccnc3)C2c2cccc(O)c2)c1. The number of benzene rings is 2. The van der Waals surface area contributed by atoms with Gasteiger partial charge in [-0.3, -0.25) is 14.6 Å². The number of Topliss-reactive ketones (excluding diaryl/α,β-unsaturated/α-hetero) is 1. The maximum absolute atomic E-state index is 13.0. The molecule has 2 aromatic carbocycles. The van der Waals surface area contributed by atoms with Gasteiger partial charge in [-0.15, -0.1) is 0 Å². The van der Waals surface area contributed by atoms with Crippen molar-refractivity contribution >= 4 is 17.4 Å². The molecular formula is C24H20N2O5. The summed E-state index contributed by atoms with van der Waals surface area (Å²) in [5.74, 6) is -1.34. The van der Waals surface area contributed by atoms with E-state index in [9.17, 15) is 19.8 Å². The van der Waals surface area contributed by atoms with Gasteiger partial charge in [0.1, 0.15) is 17.3 Å². The van der Waals surface area contributed by atoms with E-state index in [1.807, 2.05) is 0 Å². The van der Waals surface area contributed by atoms with Gasteiger partial charge in [0, 0.05) is 24.5 Å². The van der Waals surface area contributed by atoms with Gasteiger partial charge in [-0.25, -0.2) is 0 Å². The van der Waals surface area contributed by atoms with Crippen molar-refractivity contribution in [1.82, 2.24) is 9.88 Å². The van der Waals surface area contributed by atoms with Crippen LogP contribution in [0.1, 0.15) is 22.7 Å². The van der Waals surface area contributed by atoms with Gasteiger partial charge < -0.3 is 19.8 Å². The fourth-order valence-electron chi connectivity index (χ4n) is 3.70. The quantitative estimate of drug-likeness (QED) is 0.376. The van der Waals surface area contributed by atoms with Gasteiger partial charge in [0.2, 0.25) is 0 Å². The maximum Gasteiger partial charge on any atom is 0.295 e. The molecule has 1 atom stereocenters. The van der Waals surface area contributed by atoms with Crippen LogP contribution in [0.4, 0.5) is 0 Å². The van der Waals surface area contributed by atoms with E-state index in [2.05, 4.69) is 4.98 Å². The van der Waals surface area contributed by atoms with E-state index < -0.39 is 17.7 Å². The molecule has 1 saturated heterocycles. The number of methoxy groups -OCH3 is 1. The first-order chi connectivity index (χ1) is 15.0. The topological polar surface area (TPSA) is 100.0 Å². The summed E-state index contributed by atoms with van der Waals surface area (Å²) in [7, 11) is 1.50. The molecule has 0 radical (unpaired) electrons. The number of ketones is 1. The first kappa shape index (κ1) is 20.2. The zero-order valence-corrected chi connectivity index (χ0v) is 16.7. The largest absolute Gasteiger partial charge is 0.508 e. The molecule has 2 N–H and O–H groups in total. The van der Waals surface area contributed by atoms with Crippen molar-refractivity contribution in [3.8, 4) is 11.5 Å². The predicted molar refractivity (Wildman–Crippen MR) is 113 cm³/mol. The van der Waals surface area contributed by atoms with Crippen molar-refractivity contribution in [3.05, 3.63) is 95.3 Å². The molecule has 1 aliphatic heterocycles. The molecular weight excluding hydrogens is 396 g/mol. The average molecular weight is 416 g/mol. The van der Waals surface area contributed by atoms with Crippen LogP contribution in [0.25, 0.3) is 5.76 Å². The lowest BCUT2D eigenvalue weighted by Gasteiger charge is -2.25. The smallest absolute Gasteiger partial charge is 0.295 e. The van der Waals surface area contributed by atoms with E-state index >= 15 is 0 Å². The molecule has 0 spiro atoms. The lowest BCUT2D eigenvalue weighted by Crippen LogP contribution is -2.29. The first-order valence-corrected chi connectivity index (χ1v) is 9.60. The average Bonchev–Trinajstić information content (AvgIpc) is 3.04. The monoisotopic (exact) mass is 416 g/mol. The molecule has 0 aliphatic carbocycles. The normalized spacial score (nSPS) is 17.7. The van der Waals surface area contributed by atoms with Gasteiger partial charge in [0.15, 0.2) is 0 Å². The Kier molecular flexibility index (Phi) is 5.41. The Hall–Kier alpha value is -4.13. The number of aliphatic hydroxyl groups excluding tert-OH is 1. The number of carbonyl (C=O) groups excluding carboxylic acids is 2. The number of pyridine rings is 1. The van der Waals surface area contributed by atoms with Crippen molar-refractivity contribution in [2.24, 2.45) is 0 Å². The van der Waals surface area contributed by atoms with Crippen molar-refractivity contribution in [3.63, 3.8) is 0 Å². The Labute approximate surface area is 178 Å². The molecule has 1 amide bonds. The fourth-order valence-corrected chi connectivity index (χ4v) is 3.70. The summed E-state index contributed by atoms with van der Waals surface area (Å²) in [6.07, 6.45) is 3.23. The highest BCUT2D eigenvalue weighted by Crippen LogP contribution is 2.41. The lowest BCUT2D eigenvalue weighted by atomic mass is 9.95. The highest BCUT2D eigenvalue weighted by molar-refractivity contribution is 6.46. The van der Waals surface area contributed by atoms with Gasteiger partial charge in [0.05, 0.1) is 18.7 Å². The molecule has 0 saturated carbocycles. The van der Waals surface area contributed by atoms with Crippen LogP contribution in [0.15, 0.2) is 78.6 Å². The number of aromatic nitrogens is 1. The number of rotatable bonds is 5. The first-order valence-electron chi connectivity index (χ1n) is 9.60. The number of nitrogens with zero attached hydrogens (tertiary/aromatic N) is 2. The van der Waals surface area contributed by atoms with E-state index in [0.29, 0.717) is 16.9 Å². The summed E-state index contributed by atoms with van der Waals surface area (Å²) in [5.41, 5.74) is 1.54. The Balaban J connectivity index is 1.87. The van der Waals surface area contributed by atoms with Crippen LogP contribution < -0.4 is 4.74 Å². The lowest BCUT2D eigenvalue weighted by molar-refractivity contribution is -0.140. The summed E-state index contributed by atoms with van der Waals surface area (Å²) < 4.78 is 5.21. The Morgan fingerprint density at radius 3 is 2.61 bits per heavy atom. The Morgan fingerprint density at radius 2 is 1.90 bits per heavy atom. The van der Waals surface area contributed by atoms with Gasteiger partial charge in [0.25, 0.3) is 11.7 Å². The second-order valence-electron chi connectivity index (χ2n) is 7.12. The molecule has 31 heavy (non-hydrogen) atoms. The minimum Gasteiger partial charge on any atom is -0.508 e. The third kappa shape index (κ3) is 3.85. The van der Waals surface area contributed by atoms with E-state index in [-0.39, 0.29) is 23.6 Å². The van der Waals surface area contributed by atoms with Crippen LogP contribution in [0.2, 0.25) is 0 Å². The van der Waals surface area contributed by atoms with Gasteiger partial charge in [-0.2, -0.15) is 0 Å². The van der Waals surface area contributed by atoms with Crippen LogP contribution in [-0.2, 0) is 16.1 Å². The number of aromatic hydroxyl groups is 1. The van der Waals surface area contributed by atoms with Crippen molar-refractivity contribution in [2.75, 3.05) is 7.11 Å². The van der Waals surface area contributed by atoms with Crippen LogP contribution in [0.3, 0.4) is 0 Å². The molecule has 1 aromatic heterocycles. The summed E-state index contributed by atoms with van der Waals surface area (Å²) in [6, 6.07) is 15.6. The number of phenolic OH excluding ortho intramolecular Hbond substituents is 1. The zero-order valence-electron chi connectivity index (χ0n) is 16.7. The number of aliphatic hydroxyl groups is 1. The molecule has 3 aromatic rings. The van der Waals surface area contributed by atoms with Crippen LogP contribution in [0, 0.1) is 0 Å². The number of carbonyl (C=O) groups is 2. The maximum atomic E-state index is 13.0. The highest BCUT2D eigenvalue weighted by Gasteiger charge is 2.46. The molecule has 1 unspecified atom stereocenters. The molecule has 2 heterocycles. The van der Waals surface area contributed by atoms with Crippen LogP contribution in [0.5, 0.6) is 11.5 Å². The third-order valence-corrected chi connectivity index (χ3v) is 5.14. The van der Waals surface area contributed by atoms with Crippen molar-refractivity contribution in [2.45, 2.75) is 12.6 Å². The molecule has 1 fully saturated rings. The summed E-state index contributed by atoms with van der Waals surface area (Å²) in [4.78, 5) is 31.4. The van der Waals surface area contributed by atoms with E-state index in [0.717, 1.165) is 5.56 Å². The number of amides is 1. The number of ether oxygens (including phenoxy) is 1. The second-order valence-corrected chi connectivity index (χ2v) is 7.12. The summed E-state index contributed by atoms with van der Waals surface area (Å²) in [6.45, 7) is 0.119. The minimum absolute atomic E-state index is 0.00848. The standard InChI is InChI=1S/C24H20N2O5/c1-31-19-9-3-7-17(12-19)22(28)20-21(16-6-2-8-18(27)11-16)26(24(30)23(20)29)14-15-5-4-10-25-13-15/h2-13,21,27-28H,14H2,1H3/b22-20-. The fraction of sp³-hybridized carbons (Fsp3) is 0.125.